The minimum atomic E-state index is 0.561. The van der Waals surface area contributed by atoms with E-state index in [0.717, 1.165) is 18.8 Å². The van der Waals surface area contributed by atoms with Gasteiger partial charge in [0.15, 0.2) is 0 Å². The molecule has 0 aliphatic rings. The van der Waals surface area contributed by atoms with Crippen molar-refractivity contribution in [2.24, 2.45) is 0 Å². The van der Waals surface area contributed by atoms with Crippen molar-refractivity contribution < 1.29 is 9.47 Å². The Bertz CT molecular complexity index is 382. The van der Waals surface area contributed by atoms with Crippen molar-refractivity contribution in [3.05, 3.63) is 24.3 Å². The molecule has 0 spiro atoms. The number of nitrogen functional groups attached to an aromatic ring is 1. The van der Waals surface area contributed by atoms with E-state index < -0.39 is 0 Å². The lowest BCUT2D eigenvalue weighted by Crippen LogP contribution is -2.08. The Morgan fingerprint density at radius 1 is 0.739 bits per heavy atom. The Balaban J connectivity index is 1.79. The van der Waals surface area contributed by atoms with Crippen LogP contribution in [0.3, 0.4) is 0 Å². The van der Waals surface area contributed by atoms with Crippen molar-refractivity contribution in [2.45, 2.75) is 71.1 Å². The third-order valence-corrected chi connectivity index (χ3v) is 4.05. The fraction of sp³-hybridized carbons (Fsp3) is 0.700. The highest BCUT2D eigenvalue weighted by Crippen LogP contribution is 2.19. The van der Waals surface area contributed by atoms with E-state index in [1.807, 2.05) is 24.3 Å². The van der Waals surface area contributed by atoms with Gasteiger partial charge in [-0.1, -0.05) is 76.8 Å². The number of benzene rings is 1. The second-order valence-corrected chi connectivity index (χ2v) is 6.18. The van der Waals surface area contributed by atoms with Gasteiger partial charge in [-0.05, 0) is 18.6 Å². The van der Waals surface area contributed by atoms with E-state index in [9.17, 15) is 0 Å². The number of nitrogens with two attached hydrogens (primary N) is 1. The molecule has 0 aliphatic carbocycles. The van der Waals surface area contributed by atoms with Crippen molar-refractivity contribution in [1.29, 1.82) is 0 Å². The summed E-state index contributed by atoms with van der Waals surface area (Å²) in [7, 11) is 0. The van der Waals surface area contributed by atoms with Crippen LogP contribution in [0.4, 0.5) is 5.69 Å². The smallest absolute Gasteiger partial charge is 0.142 e. The summed E-state index contributed by atoms with van der Waals surface area (Å²) >= 11 is 0. The molecule has 0 bridgehead atoms. The first-order chi connectivity index (χ1) is 11.3. The molecule has 0 saturated heterocycles. The van der Waals surface area contributed by atoms with Gasteiger partial charge < -0.3 is 15.2 Å². The zero-order chi connectivity index (χ0) is 16.6. The molecule has 3 heteroatoms. The maximum absolute atomic E-state index is 5.81. The average molecular weight is 322 g/mol. The van der Waals surface area contributed by atoms with Gasteiger partial charge in [-0.2, -0.15) is 0 Å². The molecule has 23 heavy (non-hydrogen) atoms. The predicted molar refractivity (Wildman–Crippen MR) is 99.0 cm³/mol. The normalized spacial score (nSPS) is 10.8. The van der Waals surface area contributed by atoms with E-state index >= 15 is 0 Å². The Kier molecular flexibility index (Phi) is 12.4. The fourth-order valence-corrected chi connectivity index (χ4v) is 2.62. The van der Waals surface area contributed by atoms with Crippen LogP contribution in [0.15, 0.2) is 24.3 Å². The van der Waals surface area contributed by atoms with Crippen molar-refractivity contribution in [2.75, 3.05) is 25.6 Å². The molecule has 0 radical (unpaired) electrons. The summed E-state index contributed by atoms with van der Waals surface area (Å²) in [5, 5.41) is 0. The van der Waals surface area contributed by atoms with Crippen LogP contribution in [0.1, 0.15) is 71.1 Å². The van der Waals surface area contributed by atoms with Gasteiger partial charge >= 0.3 is 0 Å². The molecule has 0 aromatic heterocycles. The van der Waals surface area contributed by atoms with Gasteiger partial charge in [0, 0.05) is 6.61 Å². The third-order valence-electron chi connectivity index (χ3n) is 4.05. The lowest BCUT2D eigenvalue weighted by molar-refractivity contribution is 0.0973. The fourth-order valence-electron chi connectivity index (χ4n) is 2.62. The van der Waals surface area contributed by atoms with Crippen molar-refractivity contribution in [3.8, 4) is 5.75 Å². The summed E-state index contributed by atoms with van der Waals surface area (Å²) in [6.45, 7) is 4.30. The van der Waals surface area contributed by atoms with Gasteiger partial charge in [0.25, 0.3) is 0 Å². The first kappa shape index (κ1) is 19.8. The van der Waals surface area contributed by atoms with Crippen molar-refractivity contribution >= 4 is 5.69 Å². The number of anilines is 1. The molecule has 0 fully saturated rings. The summed E-state index contributed by atoms with van der Waals surface area (Å²) in [5.74, 6) is 0.745. The third kappa shape index (κ3) is 11.0. The van der Waals surface area contributed by atoms with Crippen LogP contribution in [0.25, 0.3) is 0 Å². The van der Waals surface area contributed by atoms with Gasteiger partial charge in [-0.3, -0.25) is 0 Å². The number of rotatable bonds is 15. The monoisotopic (exact) mass is 321 g/mol. The summed E-state index contributed by atoms with van der Waals surface area (Å²) in [5.41, 5.74) is 6.49. The van der Waals surface area contributed by atoms with Crippen LogP contribution in [0.2, 0.25) is 0 Å². The Hall–Kier alpha value is -1.22. The number of para-hydroxylation sites is 2. The van der Waals surface area contributed by atoms with E-state index in [4.69, 9.17) is 15.2 Å². The zero-order valence-corrected chi connectivity index (χ0v) is 14.9. The Morgan fingerprint density at radius 2 is 1.35 bits per heavy atom. The molecule has 0 unspecified atom stereocenters. The predicted octanol–water partition coefficient (Wildman–Crippen LogP) is 5.59. The van der Waals surface area contributed by atoms with Gasteiger partial charge in [-0.15, -0.1) is 0 Å². The molecule has 0 saturated carbocycles. The minimum absolute atomic E-state index is 0.561. The summed E-state index contributed by atoms with van der Waals surface area (Å²) in [6.07, 6.45) is 13.5. The molecule has 0 atom stereocenters. The Labute approximate surface area is 142 Å². The molecule has 1 rings (SSSR count). The summed E-state index contributed by atoms with van der Waals surface area (Å²) in [6, 6.07) is 7.57. The van der Waals surface area contributed by atoms with Crippen LogP contribution in [0, 0.1) is 0 Å². The standard InChI is InChI=1S/C20H35NO2/c1-2-3-4-5-6-7-8-9-10-13-16-22-17-18-23-20-15-12-11-14-19(20)21/h11-12,14-15H,2-10,13,16-18,21H2,1H3. The number of ether oxygens (including phenoxy) is 2. The second kappa shape index (κ2) is 14.4. The van der Waals surface area contributed by atoms with Gasteiger partial charge in [-0.25, -0.2) is 0 Å². The highest BCUT2D eigenvalue weighted by atomic mass is 16.5. The van der Waals surface area contributed by atoms with Gasteiger partial charge in [0.1, 0.15) is 12.4 Å². The summed E-state index contributed by atoms with van der Waals surface area (Å²) < 4.78 is 11.2. The zero-order valence-electron chi connectivity index (χ0n) is 14.9. The Morgan fingerprint density at radius 3 is 2.00 bits per heavy atom. The molecular formula is C20H35NO2. The van der Waals surface area contributed by atoms with E-state index in [-0.39, 0.29) is 0 Å². The topological polar surface area (TPSA) is 44.5 Å². The summed E-state index contributed by atoms with van der Waals surface area (Å²) in [4.78, 5) is 0. The second-order valence-electron chi connectivity index (χ2n) is 6.18. The highest BCUT2D eigenvalue weighted by molar-refractivity contribution is 5.51. The number of hydrogen-bond acceptors (Lipinski definition) is 3. The quantitative estimate of drug-likeness (QED) is 0.338. The van der Waals surface area contributed by atoms with Crippen molar-refractivity contribution in [3.63, 3.8) is 0 Å². The van der Waals surface area contributed by atoms with Gasteiger partial charge in [0.05, 0.1) is 12.3 Å². The van der Waals surface area contributed by atoms with Crippen LogP contribution < -0.4 is 10.5 Å². The largest absolute Gasteiger partial charge is 0.489 e. The molecule has 3 nitrogen and oxygen atoms in total. The van der Waals surface area contributed by atoms with E-state index in [0.29, 0.717) is 18.9 Å². The van der Waals surface area contributed by atoms with Crippen molar-refractivity contribution in [1.82, 2.24) is 0 Å². The SMILES string of the molecule is CCCCCCCCCCCCOCCOc1ccccc1N. The number of unbranched alkanes of at least 4 members (excludes halogenated alkanes) is 9. The first-order valence-electron chi connectivity index (χ1n) is 9.39. The highest BCUT2D eigenvalue weighted by Gasteiger charge is 1.98. The van der Waals surface area contributed by atoms with Crippen LogP contribution >= 0.6 is 0 Å². The van der Waals surface area contributed by atoms with Crippen LogP contribution in [0.5, 0.6) is 5.75 Å². The van der Waals surface area contributed by atoms with Gasteiger partial charge in [0.2, 0.25) is 0 Å². The molecule has 0 aliphatic heterocycles. The van der Waals surface area contributed by atoms with E-state index in [1.165, 1.54) is 57.8 Å². The average Bonchev–Trinajstić information content (AvgIpc) is 2.57. The maximum atomic E-state index is 5.81. The molecule has 1 aromatic carbocycles. The number of hydrogen-bond donors (Lipinski definition) is 1. The van der Waals surface area contributed by atoms with Crippen LogP contribution in [-0.4, -0.2) is 19.8 Å². The molecular weight excluding hydrogens is 286 g/mol. The first-order valence-corrected chi connectivity index (χ1v) is 9.39. The molecule has 0 heterocycles. The minimum Gasteiger partial charge on any atom is -0.489 e. The molecule has 132 valence electrons. The maximum Gasteiger partial charge on any atom is 0.142 e. The molecule has 0 amide bonds. The van der Waals surface area contributed by atoms with E-state index in [2.05, 4.69) is 6.92 Å². The molecule has 2 N–H and O–H groups in total. The molecule has 1 aromatic rings. The van der Waals surface area contributed by atoms with E-state index in [1.54, 1.807) is 0 Å². The van der Waals surface area contributed by atoms with Crippen LogP contribution in [-0.2, 0) is 4.74 Å². The lowest BCUT2D eigenvalue weighted by Gasteiger charge is -2.09. The lowest BCUT2D eigenvalue weighted by atomic mass is 10.1.